The van der Waals surface area contributed by atoms with E-state index in [4.69, 9.17) is 4.42 Å². The van der Waals surface area contributed by atoms with Gasteiger partial charge in [0.05, 0.1) is 12.5 Å². The van der Waals surface area contributed by atoms with E-state index in [1.807, 2.05) is 6.07 Å². The molecular formula is C8H13NO. The van der Waals surface area contributed by atoms with E-state index in [1.165, 1.54) is 12.0 Å². The van der Waals surface area contributed by atoms with Gasteiger partial charge in [0.1, 0.15) is 0 Å². The van der Waals surface area contributed by atoms with Gasteiger partial charge in [-0.1, -0.05) is 6.92 Å². The van der Waals surface area contributed by atoms with Crippen molar-refractivity contribution in [2.75, 3.05) is 6.54 Å². The van der Waals surface area contributed by atoms with Crippen LogP contribution in [0.25, 0.3) is 0 Å². The minimum absolute atomic E-state index is 0.921. The Bertz CT molecular complexity index is 158. The molecule has 0 spiro atoms. The molecular weight excluding hydrogens is 126 g/mol. The van der Waals surface area contributed by atoms with Crippen LogP contribution in [0.5, 0.6) is 0 Å². The van der Waals surface area contributed by atoms with Crippen molar-refractivity contribution in [1.29, 1.82) is 0 Å². The highest BCUT2D eigenvalue weighted by atomic mass is 16.3. The van der Waals surface area contributed by atoms with Crippen LogP contribution in [0.4, 0.5) is 0 Å². The molecule has 56 valence electrons. The lowest BCUT2D eigenvalue weighted by Crippen LogP contribution is -2.12. The second-order valence-corrected chi connectivity index (χ2v) is 2.31. The van der Waals surface area contributed by atoms with Crippen molar-refractivity contribution >= 4 is 0 Å². The van der Waals surface area contributed by atoms with E-state index in [0.717, 1.165) is 13.1 Å². The highest BCUT2D eigenvalue weighted by Crippen LogP contribution is 1.97. The molecule has 0 unspecified atom stereocenters. The van der Waals surface area contributed by atoms with Crippen molar-refractivity contribution in [1.82, 2.24) is 5.32 Å². The molecule has 1 heterocycles. The van der Waals surface area contributed by atoms with Crippen LogP contribution in [0.15, 0.2) is 23.0 Å². The molecule has 1 aromatic rings. The first kappa shape index (κ1) is 7.35. The van der Waals surface area contributed by atoms with Crippen LogP contribution in [-0.2, 0) is 6.54 Å². The van der Waals surface area contributed by atoms with Gasteiger partial charge in [0.15, 0.2) is 0 Å². The molecule has 0 aliphatic heterocycles. The van der Waals surface area contributed by atoms with E-state index in [2.05, 4.69) is 12.2 Å². The molecule has 2 nitrogen and oxygen atoms in total. The number of furan rings is 1. The van der Waals surface area contributed by atoms with Crippen LogP contribution in [0, 0.1) is 0 Å². The molecule has 0 saturated heterocycles. The molecule has 1 aromatic heterocycles. The van der Waals surface area contributed by atoms with Gasteiger partial charge < -0.3 is 9.73 Å². The Morgan fingerprint density at radius 2 is 2.50 bits per heavy atom. The third kappa shape index (κ3) is 2.23. The topological polar surface area (TPSA) is 25.2 Å². The second-order valence-electron chi connectivity index (χ2n) is 2.31. The van der Waals surface area contributed by atoms with Crippen LogP contribution in [0.3, 0.4) is 0 Å². The Morgan fingerprint density at radius 1 is 1.60 bits per heavy atom. The summed E-state index contributed by atoms with van der Waals surface area (Å²) in [5.74, 6) is 0. The van der Waals surface area contributed by atoms with Crippen molar-refractivity contribution in [3.63, 3.8) is 0 Å². The molecule has 0 amide bonds. The molecule has 10 heavy (non-hydrogen) atoms. The lowest BCUT2D eigenvalue weighted by molar-refractivity contribution is 0.560. The highest BCUT2D eigenvalue weighted by Gasteiger charge is 1.90. The molecule has 0 fully saturated rings. The third-order valence-corrected chi connectivity index (χ3v) is 1.34. The smallest absolute Gasteiger partial charge is 0.0947 e. The summed E-state index contributed by atoms with van der Waals surface area (Å²) in [5, 5.41) is 3.28. The fourth-order valence-corrected chi connectivity index (χ4v) is 0.803. The second kappa shape index (κ2) is 4.12. The number of rotatable bonds is 4. The van der Waals surface area contributed by atoms with E-state index in [0.29, 0.717) is 0 Å². The monoisotopic (exact) mass is 139 g/mol. The summed E-state index contributed by atoms with van der Waals surface area (Å²) in [6, 6.07) is 1.97. The summed E-state index contributed by atoms with van der Waals surface area (Å²) in [5.41, 5.74) is 1.22. The van der Waals surface area contributed by atoms with Crippen LogP contribution in [0.1, 0.15) is 18.9 Å². The van der Waals surface area contributed by atoms with Gasteiger partial charge in [-0.05, 0) is 19.0 Å². The maximum Gasteiger partial charge on any atom is 0.0947 e. The zero-order valence-corrected chi connectivity index (χ0v) is 6.26. The number of hydrogen-bond donors (Lipinski definition) is 1. The van der Waals surface area contributed by atoms with Gasteiger partial charge in [-0.2, -0.15) is 0 Å². The van der Waals surface area contributed by atoms with Crippen LogP contribution < -0.4 is 5.32 Å². The van der Waals surface area contributed by atoms with Gasteiger partial charge in [-0.25, -0.2) is 0 Å². The summed E-state index contributed by atoms with van der Waals surface area (Å²) in [7, 11) is 0. The van der Waals surface area contributed by atoms with Gasteiger partial charge >= 0.3 is 0 Å². The van der Waals surface area contributed by atoms with Crippen molar-refractivity contribution in [2.45, 2.75) is 19.9 Å². The van der Waals surface area contributed by atoms with Gasteiger partial charge in [0.2, 0.25) is 0 Å². The number of nitrogens with one attached hydrogen (secondary N) is 1. The minimum Gasteiger partial charge on any atom is -0.472 e. The largest absolute Gasteiger partial charge is 0.472 e. The molecule has 0 aliphatic carbocycles. The molecule has 0 radical (unpaired) electrons. The van der Waals surface area contributed by atoms with Gasteiger partial charge in [0, 0.05) is 12.1 Å². The Hall–Kier alpha value is -0.760. The first-order valence-corrected chi connectivity index (χ1v) is 3.65. The van der Waals surface area contributed by atoms with E-state index < -0.39 is 0 Å². The zero-order chi connectivity index (χ0) is 7.23. The van der Waals surface area contributed by atoms with Crippen molar-refractivity contribution in [3.05, 3.63) is 24.2 Å². The summed E-state index contributed by atoms with van der Waals surface area (Å²) in [4.78, 5) is 0. The zero-order valence-electron chi connectivity index (χ0n) is 6.26. The fourth-order valence-electron chi connectivity index (χ4n) is 0.803. The van der Waals surface area contributed by atoms with Gasteiger partial charge in [-0.3, -0.25) is 0 Å². The first-order chi connectivity index (χ1) is 4.93. The molecule has 0 atom stereocenters. The first-order valence-electron chi connectivity index (χ1n) is 3.65. The summed E-state index contributed by atoms with van der Waals surface area (Å²) in [6.45, 7) is 4.15. The summed E-state index contributed by atoms with van der Waals surface area (Å²) < 4.78 is 4.91. The molecule has 1 rings (SSSR count). The molecule has 0 saturated carbocycles. The quantitative estimate of drug-likeness (QED) is 0.643. The standard InChI is InChI=1S/C8H13NO/c1-2-4-9-6-8-3-5-10-7-8/h3,5,7,9H,2,4,6H2,1H3. The van der Waals surface area contributed by atoms with Crippen molar-refractivity contribution < 1.29 is 4.42 Å². The van der Waals surface area contributed by atoms with Gasteiger partial charge in [0.25, 0.3) is 0 Å². The normalized spacial score (nSPS) is 10.1. The molecule has 0 aliphatic rings. The van der Waals surface area contributed by atoms with E-state index in [1.54, 1.807) is 12.5 Å². The Labute approximate surface area is 61.2 Å². The van der Waals surface area contributed by atoms with Crippen LogP contribution >= 0.6 is 0 Å². The average Bonchev–Trinajstić information content (AvgIpc) is 2.41. The Kier molecular flexibility index (Phi) is 3.03. The maximum absolute atomic E-state index is 4.91. The lowest BCUT2D eigenvalue weighted by Gasteiger charge is -1.97. The number of hydrogen-bond acceptors (Lipinski definition) is 2. The minimum atomic E-state index is 0.921. The van der Waals surface area contributed by atoms with Gasteiger partial charge in [-0.15, -0.1) is 0 Å². The summed E-state index contributed by atoms with van der Waals surface area (Å²) >= 11 is 0. The third-order valence-electron chi connectivity index (χ3n) is 1.34. The van der Waals surface area contributed by atoms with Crippen molar-refractivity contribution in [3.8, 4) is 0 Å². The lowest BCUT2D eigenvalue weighted by atomic mass is 10.3. The predicted molar refractivity (Wildman–Crippen MR) is 40.7 cm³/mol. The maximum atomic E-state index is 4.91. The van der Waals surface area contributed by atoms with E-state index >= 15 is 0 Å². The highest BCUT2D eigenvalue weighted by molar-refractivity contribution is 5.04. The van der Waals surface area contributed by atoms with E-state index in [-0.39, 0.29) is 0 Å². The predicted octanol–water partition coefficient (Wildman–Crippen LogP) is 1.78. The average molecular weight is 139 g/mol. The van der Waals surface area contributed by atoms with E-state index in [9.17, 15) is 0 Å². The Balaban J connectivity index is 2.15. The Morgan fingerprint density at radius 3 is 3.10 bits per heavy atom. The molecule has 2 heteroatoms. The van der Waals surface area contributed by atoms with Crippen LogP contribution in [-0.4, -0.2) is 6.54 Å². The molecule has 0 aromatic carbocycles. The SMILES string of the molecule is CCCNCc1ccoc1. The fraction of sp³-hybridized carbons (Fsp3) is 0.500. The molecule has 1 N–H and O–H groups in total. The summed E-state index contributed by atoms with van der Waals surface area (Å²) in [6.07, 6.45) is 4.64. The van der Waals surface area contributed by atoms with Crippen LogP contribution in [0.2, 0.25) is 0 Å². The van der Waals surface area contributed by atoms with Crippen molar-refractivity contribution in [2.24, 2.45) is 0 Å². The molecule has 0 bridgehead atoms.